The Bertz CT molecular complexity index is 1370. The molecule has 1 saturated heterocycles. The number of rotatable bonds is 9. The second-order valence-electron chi connectivity index (χ2n) is 8.92. The number of carbonyl (C=O) groups is 1. The number of nitrogens with zero attached hydrogens (tertiary/aromatic N) is 6. The average Bonchev–Trinajstić information content (AvgIpc) is 3.32. The number of aliphatic hydroxyl groups excluding tert-OH is 1. The highest BCUT2D eigenvalue weighted by molar-refractivity contribution is 7.09. The van der Waals surface area contributed by atoms with E-state index in [0.717, 1.165) is 27.8 Å². The number of amides is 1. The van der Waals surface area contributed by atoms with Crippen LogP contribution >= 0.6 is 11.3 Å². The summed E-state index contributed by atoms with van der Waals surface area (Å²) in [5.74, 6) is 0.968. The Labute approximate surface area is 212 Å². The molecule has 11 heteroatoms. The summed E-state index contributed by atoms with van der Waals surface area (Å²) in [5, 5.41) is 18.1. The van der Waals surface area contributed by atoms with Gasteiger partial charge in [-0.2, -0.15) is 0 Å². The van der Waals surface area contributed by atoms with Gasteiger partial charge in [0.1, 0.15) is 22.2 Å². The highest BCUT2D eigenvalue weighted by Gasteiger charge is 2.36. The number of pyridine rings is 1. The maximum atomic E-state index is 12.5. The van der Waals surface area contributed by atoms with Gasteiger partial charge in [-0.05, 0) is 31.2 Å². The van der Waals surface area contributed by atoms with Crippen molar-refractivity contribution in [3.63, 3.8) is 0 Å². The number of aliphatic hydroxyl groups is 1. The Morgan fingerprint density at radius 3 is 2.61 bits per heavy atom. The molecule has 3 N–H and O–H groups in total. The van der Waals surface area contributed by atoms with Crippen LogP contribution in [0.2, 0.25) is 0 Å². The van der Waals surface area contributed by atoms with Crippen LogP contribution < -0.4 is 10.6 Å². The summed E-state index contributed by atoms with van der Waals surface area (Å²) in [4.78, 5) is 39.5. The van der Waals surface area contributed by atoms with Crippen molar-refractivity contribution in [2.45, 2.75) is 19.8 Å². The van der Waals surface area contributed by atoms with E-state index >= 15 is 0 Å². The zero-order valence-electron chi connectivity index (χ0n) is 19.8. The smallest absolute Gasteiger partial charge is 0.270 e. The molecular formula is C25H26N8O2S. The lowest BCUT2D eigenvalue weighted by atomic mass is 9.82. The Hall–Kier alpha value is -3.67. The quantitative estimate of drug-likeness (QED) is 0.311. The molecule has 0 aliphatic carbocycles. The third-order valence-corrected chi connectivity index (χ3v) is 6.86. The van der Waals surface area contributed by atoms with Crippen molar-refractivity contribution < 1.29 is 9.90 Å². The first-order valence-corrected chi connectivity index (χ1v) is 12.5. The molecule has 1 aliphatic rings. The summed E-state index contributed by atoms with van der Waals surface area (Å²) < 4.78 is 0. The van der Waals surface area contributed by atoms with Gasteiger partial charge < -0.3 is 15.7 Å². The van der Waals surface area contributed by atoms with Crippen molar-refractivity contribution >= 4 is 17.2 Å². The molecule has 1 aliphatic heterocycles. The number of nitrogens with one attached hydrogen (secondary N) is 2. The molecule has 1 fully saturated rings. The number of hydrogen-bond acceptors (Lipinski definition) is 10. The van der Waals surface area contributed by atoms with Crippen LogP contribution in [0.5, 0.6) is 0 Å². The molecule has 0 spiro atoms. The van der Waals surface area contributed by atoms with Crippen molar-refractivity contribution in [2.24, 2.45) is 5.41 Å². The summed E-state index contributed by atoms with van der Waals surface area (Å²) in [6.45, 7) is 3.78. The van der Waals surface area contributed by atoms with Gasteiger partial charge in [-0.3, -0.25) is 4.79 Å². The van der Waals surface area contributed by atoms with Crippen molar-refractivity contribution in [1.82, 2.24) is 40.5 Å². The van der Waals surface area contributed by atoms with E-state index in [9.17, 15) is 9.90 Å². The van der Waals surface area contributed by atoms with E-state index in [1.807, 2.05) is 37.3 Å². The van der Waals surface area contributed by atoms with Gasteiger partial charge >= 0.3 is 0 Å². The summed E-state index contributed by atoms with van der Waals surface area (Å²) in [7, 11) is 0. The fraction of sp³-hybridized carbons (Fsp3) is 0.320. The van der Waals surface area contributed by atoms with Gasteiger partial charge in [0.05, 0.1) is 24.4 Å². The van der Waals surface area contributed by atoms with Crippen LogP contribution in [0.3, 0.4) is 0 Å². The second kappa shape index (κ2) is 10.5. The molecule has 0 saturated carbocycles. The topological polar surface area (TPSA) is 139 Å². The molecule has 0 unspecified atom stereocenters. The van der Waals surface area contributed by atoms with Gasteiger partial charge in [-0.15, -0.1) is 11.3 Å². The van der Waals surface area contributed by atoms with Crippen LogP contribution in [-0.2, 0) is 12.8 Å². The van der Waals surface area contributed by atoms with Gasteiger partial charge in [0.2, 0.25) is 0 Å². The first-order chi connectivity index (χ1) is 17.5. The van der Waals surface area contributed by atoms with E-state index in [1.54, 1.807) is 17.8 Å². The van der Waals surface area contributed by atoms with E-state index in [0.29, 0.717) is 49.8 Å². The highest BCUT2D eigenvalue weighted by Crippen LogP contribution is 2.21. The fourth-order valence-corrected chi connectivity index (χ4v) is 4.63. The van der Waals surface area contributed by atoms with Crippen LogP contribution in [0.4, 0.5) is 0 Å². The Kier molecular flexibility index (Phi) is 7.03. The highest BCUT2D eigenvalue weighted by atomic mass is 32.1. The monoisotopic (exact) mass is 502 g/mol. The zero-order chi connectivity index (χ0) is 25.0. The van der Waals surface area contributed by atoms with Crippen LogP contribution in [0.25, 0.3) is 11.5 Å². The van der Waals surface area contributed by atoms with Gasteiger partial charge in [-0.1, -0.05) is 6.07 Å². The van der Waals surface area contributed by atoms with E-state index < -0.39 is 0 Å². The molecule has 4 aromatic heterocycles. The molecule has 0 atom stereocenters. The van der Waals surface area contributed by atoms with Crippen LogP contribution in [-0.4, -0.2) is 67.2 Å². The Morgan fingerprint density at radius 1 is 1.06 bits per heavy atom. The average molecular weight is 503 g/mol. The van der Waals surface area contributed by atoms with Gasteiger partial charge in [0, 0.05) is 54.9 Å². The van der Waals surface area contributed by atoms with E-state index in [2.05, 4.69) is 40.5 Å². The van der Waals surface area contributed by atoms with Crippen molar-refractivity contribution in [3.8, 4) is 11.5 Å². The molecule has 1 amide bonds. The van der Waals surface area contributed by atoms with E-state index in [4.69, 9.17) is 0 Å². The normalized spacial score (nSPS) is 14.3. The summed E-state index contributed by atoms with van der Waals surface area (Å²) in [6, 6.07) is 9.51. The molecule has 10 nitrogen and oxygen atoms in total. The maximum Gasteiger partial charge on any atom is 0.270 e. The SMILES string of the molecule is Cc1cccc(-c2nccc(Cc3ccnc(Cc4nc(C(=O)NCC5(CO)CNC5)cs4)n3)n2)n1. The lowest BCUT2D eigenvalue weighted by molar-refractivity contribution is 0.0623. The van der Waals surface area contributed by atoms with Gasteiger partial charge in [0.15, 0.2) is 5.82 Å². The fourth-order valence-electron chi connectivity index (χ4n) is 3.86. The minimum absolute atomic E-state index is 0.0371. The minimum atomic E-state index is -0.274. The molecule has 36 heavy (non-hydrogen) atoms. The van der Waals surface area contributed by atoms with Crippen LogP contribution in [0.1, 0.15) is 38.4 Å². The molecule has 184 valence electrons. The maximum absolute atomic E-state index is 12.5. The standard InChI is InChI=1S/C25H26N8O2S/c1-16-3-2-4-19(30-16)23-28-8-6-18(32-23)9-17-5-7-27-21(31-17)10-22-33-20(11-36-22)24(35)29-14-25(15-34)12-26-13-25/h2-8,11,26,34H,9-10,12-15H2,1H3,(H,29,35). The predicted molar refractivity (Wildman–Crippen MR) is 134 cm³/mol. The van der Waals surface area contributed by atoms with Crippen molar-refractivity contribution in [1.29, 1.82) is 0 Å². The molecule has 0 bridgehead atoms. The first kappa shape index (κ1) is 24.0. The van der Waals surface area contributed by atoms with Crippen LogP contribution in [0.15, 0.2) is 48.1 Å². The first-order valence-electron chi connectivity index (χ1n) is 11.6. The molecule has 5 rings (SSSR count). The zero-order valence-corrected chi connectivity index (χ0v) is 20.6. The number of carbonyl (C=O) groups excluding carboxylic acids is 1. The second-order valence-corrected chi connectivity index (χ2v) is 9.87. The molecule has 0 radical (unpaired) electrons. The molecule has 0 aromatic carbocycles. The summed E-state index contributed by atoms with van der Waals surface area (Å²) >= 11 is 1.40. The summed E-state index contributed by atoms with van der Waals surface area (Å²) in [5.41, 5.74) is 3.41. The Morgan fingerprint density at radius 2 is 1.86 bits per heavy atom. The van der Waals surface area contributed by atoms with Crippen molar-refractivity contribution in [3.05, 3.63) is 81.7 Å². The third kappa shape index (κ3) is 5.59. The number of hydrogen-bond donors (Lipinski definition) is 3. The van der Waals surface area contributed by atoms with E-state index in [-0.39, 0.29) is 17.9 Å². The third-order valence-electron chi connectivity index (χ3n) is 6.01. The summed E-state index contributed by atoms with van der Waals surface area (Å²) in [6.07, 6.45) is 4.42. The van der Waals surface area contributed by atoms with Gasteiger partial charge in [0.25, 0.3) is 5.91 Å². The Balaban J connectivity index is 1.22. The van der Waals surface area contributed by atoms with Crippen molar-refractivity contribution in [2.75, 3.05) is 26.2 Å². The predicted octanol–water partition coefficient (Wildman–Crippen LogP) is 1.59. The van der Waals surface area contributed by atoms with Gasteiger partial charge in [-0.25, -0.2) is 29.9 Å². The molecule has 5 heterocycles. The number of aryl methyl sites for hydroxylation is 1. The number of aromatic nitrogens is 6. The van der Waals surface area contributed by atoms with E-state index in [1.165, 1.54) is 11.3 Å². The lowest BCUT2D eigenvalue weighted by Gasteiger charge is -2.41. The molecular weight excluding hydrogens is 476 g/mol. The number of thiazole rings is 1. The molecule has 4 aromatic rings. The lowest BCUT2D eigenvalue weighted by Crippen LogP contribution is -2.60. The largest absolute Gasteiger partial charge is 0.396 e. The van der Waals surface area contributed by atoms with Crippen LogP contribution in [0, 0.1) is 12.3 Å². The minimum Gasteiger partial charge on any atom is -0.396 e.